The Balaban J connectivity index is 1.40. The minimum atomic E-state index is -4.70. The van der Waals surface area contributed by atoms with Crippen LogP contribution in [0.5, 0.6) is 0 Å². The van der Waals surface area contributed by atoms with Crippen LogP contribution in [0.25, 0.3) is 0 Å². The zero-order valence-corrected chi connectivity index (χ0v) is 20.4. The Kier molecular flexibility index (Phi) is 7.42. The number of hydrogen-bond donors (Lipinski definition) is 3. The van der Waals surface area contributed by atoms with Crippen molar-refractivity contribution in [1.82, 2.24) is 30.2 Å². The molecule has 4 aromatic rings. The zero-order chi connectivity index (χ0) is 25.9. The van der Waals surface area contributed by atoms with Gasteiger partial charge < -0.3 is 16.0 Å². The number of hydrogen-bond acceptors (Lipinski definition) is 10. The maximum Gasteiger partial charge on any atom is 0.418 e. The van der Waals surface area contributed by atoms with Gasteiger partial charge in [0.25, 0.3) is 11.8 Å². The number of rotatable bonds is 7. The molecule has 0 saturated carbocycles. The van der Waals surface area contributed by atoms with E-state index in [0.717, 1.165) is 17.5 Å². The molecule has 3 N–H and O–H groups in total. The van der Waals surface area contributed by atoms with Crippen molar-refractivity contribution in [3.05, 3.63) is 68.6 Å². The third kappa shape index (κ3) is 6.10. The highest BCUT2D eigenvalue weighted by Gasteiger charge is 2.34. The number of carbonyl (C=O) groups is 2. The molecular weight excluding hydrogens is 541 g/mol. The van der Waals surface area contributed by atoms with Crippen molar-refractivity contribution in [2.24, 2.45) is 0 Å². The second kappa shape index (κ2) is 10.5. The Morgan fingerprint density at radius 2 is 1.83 bits per heavy atom. The number of nitrogens with zero attached hydrogens (tertiary/aromatic N) is 5. The van der Waals surface area contributed by atoms with Crippen molar-refractivity contribution in [1.29, 1.82) is 0 Å². The summed E-state index contributed by atoms with van der Waals surface area (Å²) in [5.41, 5.74) is -1.02. The predicted octanol–water partition coefficient (Wildman–Crippen LogP) is 4.94. The topological polar surface area (TPSA) is 135 Å². The zero-order valence-electron chi connectivity index (χ0n) is 18.0. The van der Waals surface area contributed by atoms with Crippen molar-refractivity contribution in [3.8, 4) is 0 Å². The number of aromatic nitrogens is 5. The molecule has 0 spiro atoms. The van der Waals surface area contributed by atoms with E-state index in [1.807, 2.05) is 0 Å². The van der Waals surface area contributed by atoms with Crippen molar-refractivity contribution in [2.45, 2.75) is 19.1 Å². The van der Waals surface area contributed by atoms with Gasteiger partial charge in [-0.2, -0.15) is 13.2 Å². The second-order valence-corrected chi connectivity index (χ2v) is 9.37. The monoisotopic (exact) mass is 554 g/mol. The van der Waals surface area contributed by atoms with Crippen LogP contribution in [0.2, 0.25) is 5.02 Å². The lowest BCUT2D eigenvalue weighted by molar-refractivity contribution is -0.137. The highest BCUT2D eigenvalue weighted by atomic mass is 35.5. The molecule has 2 amide bonds. The van der Waals surface area contributed by atoms with Gasteiger partial charge in [0.05, 0.1) is 22.8 Å². The molecule has 0 bridgehead atoms. The van der Waals surface area contributed by atoms with E-state index in [0.29, 0.717) is 22.0 Å². The first kappa shape index (κ1) is 25.4. The van der Waals surface area contributed by atoms with Crippen molar-refractivity contribution < 1.29 is 22.8 Å². The summed E-state index contributed by atoms with van der Waals surface area (Å²) in [4.78, 5) is 45.2. The van der Waals surface area contributed by atoms with E-state index in [1.54, 1.807) is 18.5 Å². The maximum atomic E-state index is 13.0. The molecule has 4 rings (SSSR count). The molecule has 36 heavy (non-hydrogen) atoms. The molecule has 16 heteroatoms. The Morgan fingerprint density at radius 3 is 2.56 bits per heavy atom. The normalized spacial score (nSPS) is 12.1. The average molecular weight is 555 g/mol. The smallest absolute Gasteiger partial charge is 0.342 e. The van der Waals surface area contributed by atoms with Gasteiger partial charge in [0.15, 0.2) is 5.13 Å². The van der Waals surface area contributed by atoms with E-state index >= 15 is 0 Å². The molecular formula is C20H14ClF3N8O2S2. The number of thiazole rings is 2. The van der Waals surface area contributed by atoms with E-state index in [9.17, 15) is 22.8 Å². The number of nitrogens with one attached hydrogen (secondary N) is 3. The lowest BCUT2D eigenvalue weighted by Gasteiger charge is -2.11. The van der Waals surface area contributed by atoms with Gasteiger partial charge in [0.2, 0.25) is 0 Å². The van der Waals surface area contributed by atoms with Gasteiger partial charge in [-0.15, -0.1) is 22.7 Å². The molecule has 1 atom stereocenters. The first-order chi connectivity index (χ1) is 17.1. The van der Waals surface area contributed by atoms with Gasteiger partial charge in [-0.3, -0.25) is 9.59 Å². The molecule has 0 aromatic carbocycles. The standard InChI is InChI=1S/C20H14ClF3N8O2S2/c1-9(30-16(33)12-5-15(29-8-28-12)32-19-25-2-3-35-19)18-27-7-13(36-18)17(34)31-14-4-10(20(22,23)24)11(21)6-26-14/h2-9H,1H3,(H,30,33)(H,26,31,34)(H,25,28,29,32)/t9-/m0/s1. The highest BCUT2D eigenvalue weighted by Crippen LogP contribution is 2.35. The average Bonchev–Trinajstić information content (AvgIpc) is 3.52. The largest absolute Gasteiger partial charge is 0.418 e. The molecule has 0 fully saturated rings. The van der Waals surface area contributed by atoms with Crippen LogP contribution in [0.1, 0.15) is 43.7 Å². The molecule has 0 radical (unpaired) electrons. The highest BCUT2D eigenvalue weighted by molar-refractivity contribution is 7.14. The van der Waals surface area contributed by atoms with Gasteiger partial charge >= 0.3 is 6.18 Å². The van der Waals surface area contributed by atoms with E-state index < -0.39 is 34.6 Å². The fraction of sp³-hybridized carbons (Fsp3) is 0.150. The number of carbonyl (C=O) groups excluding carboxylic acids is 2. The first-order valence-corrected chi connectivity index (χ1v) is 12.0. The molecule has 0 aliphatic rings. The Labute approximate surface area is 214 Å². The third-order valence-corrected chi connectivity index (χ3v) is 6.60. The predicted molar refractivity (Wildman–Crippen MR) is 128 cm³/mol. The van der Waals surface area contributed by atoms with E-state index in [-0.39, 0.29) is 16.4 Å². The van der Waals surface area contributed by atoms with Crippen molar-refractivity contribution in [3.63, 3.8) is 0 Å². The molecule has 0 aliphatic carbocycles. The Hall–Kier alpha value is -3.69. The van der Waals surface area contributed by atoms with Gasteiger partial charge in [0.1, 0.15) is 33.5 Å². The summed E-state index contributed by atoms with van der Waals surface area (Å²) >= 11 is 7.87. The second-order valence-electron chi connectivity index (χ2n) is 7.01. The number of alkyl halides is 3. The lowest BCUT2D eigenvalue weighted by atomic mass is 10.2. The Bertz CT molecular complexity index is 1400. The first-order valence-electron chi connectivity index (χ1n) is 9.89. The summed E-state index contributed by atoms with van der Waals surface area (Å²) in [6.45, 7) is 1.66. The van der Waals surface area contributed by atoms with Crippen LogP contribution >= 0.6 is 34.3 Å². The van der Waals surface area contributed by atoms with E-state index in [1.165, 1.54) is 29.9 Å². The molecule has 0 saturated heterocycles. The minimum Gasteiger partial charge on any atom is -0.342 e. The summed E-state index contributed by atoms with van der Waals surface area (Å²) in [6, 6.07) is 1.50. The van der Waals surface area contributed by atoms with Crippen LogP contribution in [0.4, 0.5) is 29.9 Å². The van der Waals surface area contributed by atoms with Crippen LogP contribution in [0, 0.1) is 0 Å². The van der Waals surface area contributed by atoms with Crippen molar-refractivity contribution >= 4 is 62.9 Å². The summed E-state index contributed by atoms with van der Waals surface area (Å²) in [6.07, 6.45) is 0.209. The maximum absolute atomic E-state index is 13.0. The molecule has 186 valence electrons. The van der Waals surface area contributed by atoms with Crippen LogP contribution in [0.3, 0.4) is 0 Å². The van der Waals surface area contributed by atoms with Crippen LogP contribution in [0.15, 0.2) is 42.4 Å². The summed E-state index contributed by atoms with van der Waals surface area (Å²) in [7, 11) is 0. The van der Waals surface area contributed by atoms with Crippen LogP contribution in [-0.2, 0) is 6.18 Å². The SMILES string of the molecule is C[C@H](NC(=O)c1cc(Nc2nccs2)ncn1)c1ncc(C(=O)Nc2cc(C(F)(F)F)c(Cl)cn2)s1. The molecule has 4 heterocycles. The number of halogens is 4. The van der Waals surface area contributed by atoms with E-state index in [2.05, 4.69) is 40.9 Å². The van der Waals surface area contributed by atoms with E-state index in [4.69, 9.17) is 11.6 Å². The molecule has 4 aromatic heterocycles. The summed E-state index contributed by atoms with van der Waals surface area (Å²) in [5.74, 6) is -1.15. The quantitative estimate of drug-likeness (QED) is 0.292. The summed E-state index contributed by atoms with van der Waals surface area (Å²) < 4.78 is 39.1. The van der Waals surface area contributed by atoms with Crippen molar-refractivity contribution in [2.75, 3.05) is 10.6 Å². The van der Waals surface area contributed by atoms with Crippen LogP contribution in [-0.4, -0.2) is 36.7 Å². The van der Waals surface area contributed by atoms with Gasteiger partial charge in [-0.25, -0.2) is 24.9 Å². The molecule has 10 nitrogen and oxygen atoms in total. The van der Waals surface area contributed by atoms with Crippen LogP contribution < -0.4 is 16.0 Å². The van der Waals surface area contributed by atoms with Gasteiger partial charge in [-0.1, -0.05) is 11.6 Å². The Morgan fingerprint density at radius 1 is 1.03 bits per heavy atom. The molecule has 0 aliphatic heterocycles. The number of pyridine rings is 1. The lowest BCUT2D eigenvalue weighted by Crippen LogP contribution is -2.27. The summed E-state index contributed by atoms with van der Waals surface area (Å²) in [5, 5.41) is 10.2. The minimum absolute atomic E-state index is 0.0970. The van der Waals surface area contributed by atoms with Gasteiger partial charge in [-0.05, 0) is 13.0 Å². The third-order valence-electron chi connectivity index (χ3n) is 4.43. The molecule has 0 unspecified atom stereocenters. The number of anilines is 3. The number of amides is 2. The van der Waals surface area contributed by atoms with Gasteiger partial charge in [0, 0.05) is 23.8 Å². The fourth-order valence-electron chi connectivity index (χ4n) is 2.77. The fourth-order valence-corrected chi connectivity index (χ4v) is 4.33.